The summed E-state index contributed by atoms with van der Waals surface area (Å²) in [6.45, 7) is 4.21. The van der Waals surface area contributed by atoms with Crippen molar-refractivity contribution < 1.29 is 18.7 Å². The molecule has 0 unspecified atom stereocenters. The van der Waals surface area contributed by atoms with E-state index in [9.17, 15) is 9.59 Å². The Hall–Kier alpha value is -3.87. The lowest BCUT2D eigenvalue weighted by atomic mass is 10.1. The number of hydrazone groups is 1. The summed E-state index contributed by atoms with van der Waals surface area (Å²) in [6.07, 6.45) is 1.43. The lowest BCUT2D eigenvalue weighted by Crippen LogP contribution is -2.25. The van der Waals surface area contributed by atoms with Crippen LogP contribution in [0, 0.1) is 6.92 Å². The van der Waals surface area contributed by atoms with E-state index in [1.165, 1.54) is 6.21 Å². The van der Waals surface area contributed by atoms with Gasteiger partial charge in [-0.05, 0) is 50.2 Å². The van der Waals surface area contributed by atoms with Crippen molar-refractivity contribution in [2.75, 3.05) is 18.5 Å². The van der Waals surface area contributed by atoms with Crippen molar-refractivity contribution in [3.05, 3.63) is 77.6 Å². The van der Waals surface area contributed by atoms with Gasteiger partial charge in [0.15, 0.2) is 0 Å². The molecule has 1 aromatic heterocycles. The standard InChI is InChI=1S/C23H23N3O4/c1-3-29-23(28)18-8-6-17(7-9-18)21-13-12-20(30-21)14-25-26-22(27)15-24-19-10-4-16(2)5-11-19/h4-14,24H,3,15H2,1-2H3,(H,26,27)/b25-14-. The Bertz CT molecular complexity index is 1020. The molecule has 0 aliphatic carbocycles. The summed E-state index contributed by atoms with van der Waals surface area (Å²) in [4.78, 5) is 23.6. The third-order valence-electron chi connectivity index (χ3n) is 4.19. The lowest BCUT2D eigenvalue weighted by molar-refractivity contribution is -0.119. The van der Waals surface area contributed by atoms with E-state index in [4.69, 9.17) is 9.15 Å². The second-order valence-electron chi connectivity index (χ2n) is 6.51. The fourth-order valence-corrected chi connectivity index (χ4v) is 2.62. The summed E-state index contributed by atoms with van der Waals surface area (Å²) in [5, 5.41) is 6.94. The predicted octanol–water partition coefficient (Wildman–Crippen LogP) is 3.99. The summed E-state index contributed by atoms with van der Waals surface area (Å²) in [7, 11) is 0. The number of esters is 1. The maximum atomic E-state index is 11.9. The molecule has 0 aliphatic rings. The first kappa shape index (κ1) is 20.9. The predicted molar refractivity (Wildman–Crippen MR) is 116 cm³/mol. The Labute approximate surface area is 174 Å². The summed E-state index contributed by atoms with van der Waals surface area (Å²) in [6, 6.07) is 18.2. The van der Waals surface area contributed by atoms with Crippen LogP contribution in [0.1, 0.15) is 28.6 Å². The summed E-state index contributed by atoms with van der Waals surface area (Å²) < 4.78 is 10.7. The zero-order valence-electron chi connectivity index (χ0n) is 16.8. The van der Waals surface area contributed by atoms with E-state index in [1.807, 2.05) is 31.2 Å². The minimum Gasteiger partial charge on any atom is -0.462 e. The molecule has 154 valence electrons. The van der Waals surface area contributed by atoms with Crippen LogP contribution < -0.4 is 10.7 Å². The number of nitrogens with zero attached hydrogens (tertiary/aromatic N) is 1. The quantitative estimate of drug-likeness (QED) is 0.336. The molecule has 30 heavy (non-hydrogen) atoms. The van der Waals surface area contributed by atoms with Crippen LogP contribution in [-0.4, -0.2) is 31.2 Å². The zero-order chi connectivity index (χ0) is 21.3. The first-order valence-electron chi connectivity index (χ1n) is 9.55. The van der Waals surface area contributed by atoms with Gasteiger partial charge in [-0.25, -0.2) is 10.2 Å². The molecule has 7 heteroatoms. The van der Waals surface area contributed by atoms with Crippen LogP contribution in [0.4, 0.5) is 5.69 Å². The highest BCUT2D eigenvalue weighted by Gasteiger charge is 2.08. The zero-order valence-corrected chi connectivity index (χ0v) is 16.8. The monoisotopic (exact) mass is 405 g/mol. The second-order valence-corrected chi connectivity index (χ2v) is 6.51. The summed E-state index contributed by atoms with van der Waals surface area (Å²) in [5.74, 6) is 0.488. The van der Waals surface area contributed by atoms with Crippen molar-refractivity contribution in [1.82, 2.24) is 5.43 Å². The number of benzene rings is 2. The van der Waals surface area contributed by atoms with Crippen molar-refractivity contribution in [3.8, 4) is 11.3 Å². The number of carbonyl (C=O) groups is 2. The minimum absolute atomic E-state index is 0.108. The van der Waals surface area contributed by atoms with Crippen molar-refractivity contribution in [2.24, 2.45) is 5.10 Å². The maximum Gasteiger partial charge on any atom is 0.338 e. The number of amides is 1. The number of hydrogen-bond donors (Lipinski definition) is 2. The molecule has 0 radical (unpaired) electrons. The van der Waals surface area contributed by atoms with E-state index in [0.29, 0.717) is 23.7 Å². The fourth-order valence-electron chi connectivity index (χ4n) is 2.62. The van der Waals surface area contributed by atoms with Crippen LogP contribution in [-0.2, 0) is 9.53 Å². The van der Waals surface area contributed by atoms with Crippen LogP contribution >= 0.6 is 0 Å². The van der Waals surface area contributed by atoms with Crippen LogP contribution in [0.25, 0.3) is 11.3 Å². The Morgan fingerprint density at radius 3 is 2.47 bits per heavy atom. The number of nitrogens with one attached hydrogen (secondary N) is 2. The molecule has 0 saturated carbocycles. The number of aryl methyl sites for hydroxylation is 1. The largest absolute Gasteiger partial charge is 0.462 e. The van der Waals surface area contributed by atoms with E-state index in [2.05, 4.69) is 15.8 Å². The molecule has 0 atom stereocenters. The van der Waals surface area contributed by atoms with Gasteiger partial charge in [-0.3, -0.25) is 4.79 Å². The second kappa shape index (κ2) is 10.1. The van der Waals surface area contributed by atoms with Crippen LogP contribution in [0.2, 0.25) is 0 Å². The smallest absolute Gasteiger partial charge is 0.338 e. The first-order chi connectivity index (χ1) is 14.5. The number of rotatable bonds is 8. The summed E-state index contributed by atoms with van der Waals surface area (Å²) >= 11 is 0. The molecule has 7 nitrogen and oxygen atoms in total. The topological polar surface area (TPSA) is 92.9 Å². The van der Waals surface area contributed by atoms with E-state index >= 15 is 0 Å². The third kappa shape index (κ3) is 5.81. The Balaban J connectivity index is 1.51. The van der Waals surface area contributed by atoms with Gasteiger partial charge in [0, 0.05) is 11.3 Å². The van der Waals surface area contributed by atoms with Gasteiger partial charge in [0.2, 0.25) is 0 Å². The lowest BCUT2D eigenvalue weighted by Gasteiger charge is -2.05. The van der Waals surface area contributed by atoms with Gasteiger partial charge >= 0.3 is 5.97 Å². The molecular weight excluding hydrogens is 382 g/mol. The van der Waals surface area contributed by atoms with Crippen molar-refractivity contribution >= 4 is 23.8 Å². The SMILES string of the molecule is CCOC(=O)c1ccc(-c2ccc(/C=N\NC(=O)CNc3ccc(C)cc3)o2)cc1. The number of anilines is 1. The number of furan rings is 1. The van der Waals surface area contributed by atoms with E-state index in [1.54, 1.807) is 43.3 Å². The fraction of sp³-hybridized carbons (Fsp3) is 0.174. The molecule has 1 heterocycles. The average Bonchev–Trinajstić information content (AvgIpc) is 3.22. The van der Waals surface area contributed by atoms with Gasteiger partial charge in [-0.2, -0.15) is 5.10 Å². The molecule has 0 saturated heterocycles. The number of hydrogen-bond acceptors (Lipinski definition) is 6. The third-order valence-corrected chi connectivity index (χ3v) is 4.19. The summed E-state index contributed by atoms with van der Waals surface area (Å²) in [5.41, 5.74) is 5.77. The molecule has 2 N–H and O–H groups in total. The molecule has 3 aromatic rings. The van der Waals surface area contributed by atoms with Gasteiger partial charge in [0.05, 0.1) is 24.9 Å². The Morgan fingerprint density at radius 1 is 1.03 bits per heavy atom. The molecular formula is C23H23N3O4. The molecule has 0 aliphatic heterocycles. The highest BCUT2D eigenvalue weighted by Crippen LogP contribution is 2.22. The van der Waals surface area contributed by atoms with Crippen LogP contribution in [0.15, 0.2) is 70.2 Å². The molecule has 3 rings (SSSR count). The normalized spacial score (nSPS) is 10.7. The minimum atomic E-state index is -0.357. The van der Waals surface area contributed by atoms with Gasteiger partial charge in [0.1, 0.15) is 11.5 Å². The van der Waals surface area contributed by atoms with Crippen molar-refractivity contribution in [1.29, 1.82) is 0 Å². The van der Waals surface area contributed by atoms with Gasteiger partial charge < -0.3 is 14.5 Å². The average molecular weight is 405 g/mol. The number of ether oxygens (including phenoxy) is 1. The number of carbonyl (C=O) groups excluding carboxylic acids is 2. The Morgan fingerprint density at radius 2 is 1.77 bits per heavy atom. The molecule has 2 aromatic carbocycles. The van der Waals surface area contributed by atoms with E-state index in [0.717, 1.165) is 16.8 Å². The van der Waals surface area contributed by atoms with Gasteiger partial charge in [-0.1, -0.05) is 29.8 Å². The van der Waals surface area contributed by atoms with Gasteiger partial charge in [-0.15, -0.1) is 0 Å². The van der Waals surface area contributed by atoms with Crippen LogP contribution in [0.3, 0.4) is 0 Å². The molecule has 1 amide bonds. The van der Waals surface area contributed by atoms with Crippen LogP contribution in [0.5, 0.6) is 0 Å². The van der Waals surface area contributed by atoms with Crippen molar-refractivity contribution in [3.63, 3.8) is 0 Å². The molecule has 0 bridgehead atoms. The van der Waals surface area contributed by atoms with E-state index < -0.39 is 0 Å². The molecule has 0 spiro atoms. The van der Waals surface area contributed by atoms with E-state index in [-0.39, 0.29) is 18.4 Å². The highest BCUT2D eigenvalue weighted by atomic mass is 16.5. The Kier molecular flexibility index (Phi) is 7.00. The first-order valence-corrected chi connectivity index (χ1v) is 9.55. The van der Waals surface area contributed by atoms with Crippen molar-refractivity contribution in [2.45, 2.75) is 13.8 Å². The maximum absolute atomic E-state index is 11.9. The highest BCUT2D eigenvalue weighted by molar-refractivity contribution is 5.90. The van der Waals surface area contributed by atoms with Gasteiger partial charge in [0.25, 0.3) is 5.91 Å². The molecule has 0 fully saturated rings.